The number of rotatable bonds is 3. The molecule has 3 heteroatoms. The lowest BCUT2D eigenvalue weighted by Gasteiger charge is -2.30. The maximum Gasteiger partial charge on any atom is 0.337 e. The largest absolute Gasteiger partial charge is 0.515 e. The number of aliphatic hydroxyl groups is 1. The Bertz CT molecular complexity index is 435. The van der Waals surface area contributed by atoms with Gasteiger partial charge in [-0.2, -0.15) is 0 Å². The molecule has 0 aliphatic heterocycles. The maximum atomic E-state index is 11.6. The first kappa shape index (κ1) is 10.7. The van der Waals surface area contributed by atoms with Crippen LogP contribution < -0.4 is 0 Å². The lowest BCUT2D eigenvalue weighted by atomic mass is 9.74. The number of esters is 1. The lowest BCUT2D eigenvalue weighted by Crippen LogP contribution is -2.24. The predicted molar refractivity (Wildman–Crippen MR) is 60.2 cm³/mol. The van der Waals surface area contributed by atoms with E-state index in [1.54, 1.807) is 6.92 Å². The van der Waals surface area contributed by atoms with Gasteiger partial charge in [0.1, 0.15) is 0 Å². The Morgan fingerprint density at radius 2 is 2.31 bits per heavy atom. The lowest BCUT2D eigenvalue weighted by molar-refractivity contribution is -0.139. The second-order valence-electron chi connectivity index (χ2n) is 3.76. The predicted octanol–water partition coefficient (Wildman–Crippen LogP) is 2.33. The Kier molecular flexibility index (Phi) is 2.95. The SMILES string of the molecule is CCOC(=O)/C(=C/O)C1Cc2ccccc21. The van der Waals surface area contributed by atoms with Gasteiger partial charge in [0.25, 0.3) is 0 Å². The molecule has 16 heavy (non-hydrogen) atoms. The van der Waals surface area contributed by atoms with E-state index in [1.165, 1.54) is 5.56 Å². The molecule has 0 spiro atoms. The van der Waals surface area contributed by atoms with E-state index in [0.29, 0.717) is 12.2 Å². The molecule has 3 nitrogen and oxygen atoms in total. The van der Waals surface area contributed by atoms with E-state index < -0.39 is 5.97 Å². The zero-order valence-corrected chi connectivity index (χ0v) is 9.14. The van der Waals surface area contributed by atoms with E-state index >= 15 is 0 Å². The molecular weight excluding hydrogens is 204 g/mol. The number of benzene rings is 1. The number of hydrogen-bond acceptors (Lipinski definition) is 3. The number of hydrogen-bond donors (Lipinski definition) is 1. The second kappa shape index (κ2) is 4.39. The van der Waals surface area contributed by atoms with Gasteiger partial charge in [-0.25, -0.2) is 4.79 Å². The van der Waals surface area contributed by atoms with E-state index in [9.17, 15) is 4.79 Å². The highest BCUT2D eigenvalue weighted by atomic mass is 16.5. The van der Waals surface area contributed by atoms with Gasteiger partial charge in [-0.05, 0) is 24.5 Å². The summed E-state index contributed by atoms with van der Waals surface area (Å²) in [7, 11) is 0. The standard InChI is InChI=1S/C13H14O3/c1-2-16-13(15)12(8-14)11-7-9-5-3-4-6-10(9)11/h3-6,8,11,14H,2,7H2,1H3/b12-8+. The Labute approximate surface area is 94.4 Å². The Balaban J connectivity index is 2.19. The van der Waals surface area contributed by atoms with Crippen molar-refractivity contribution in [1.29, 1.82) is 0 Å². The molecule has 0 aromatic heterocycles. The summed E-state index contributed by atoms with van der Waals surface area (Å²) in [5.74, 6) is -0.440. The number of carbonyl (C=O) groups is 1. The average Bonchev–Trinajstić information content (AvgIpc) is 2.26. The monoisotopic (exact) mass is 218 g/mol. The summed E-state index contributed by atoms with van der Waals surface area (Å²) in [6.45, 7) is 2.08. The molecule has 0 radical (unpaired) electrons. The quantitative estimate of drug-likeness (QED) is 0.481. The summed E-state index contributed by atoms with van der Waals surface area (Å²) < 4.78 is 4.90. The van der Waals surface area contributed by atoms with Crippen LogP contribution in [0, 0.1) is 0 Å². The van der Waals surface area contributed by atoms with E-state index in [2.05, 4.69) is 0 Å². The Morgan fingerprint density at radius 1 is 1.56 bits per heavy atom. The molecule has 1 atom stereocenters. The molecule has 1 aliphatic rings. The molecule has 1 unspecified atom stereocenters. The maximum absolute atomic E-state index is 11.6. The summed E-state index contributed by atoms with van der Waals surface area (Å²) in [6, 6.07) is 7.92. The van der Waals surface area contributed by atoms with Crippen molar-refractivity contribution in [2.75, 3.05) is 6.61 Å². The first-order valence-electron chi connectivity index (χ1n) is 5.37. The number of ether oxygens (including phenoxy) is 1. The highest BCUT2D eigenvalue weighted by Gasteiger charge is 2.33. The van der Waals surface area contributed by atoms with Crippen LogP contribution in [0.3, 0.4) is 0 Å². The molecule has 1 aromatic carbocycles. The molecule has 0 amide bonds. The zero-order valence-electron chi connectivity index (χ0n) is 9.14. The Hall–Kier alpha value is -1.77. The molecule has 0 fully saturated rings. The van der Waals surface area contributed by atoms with Gasteiger partial charge >= 0.3 is 5.97 Å². The summed E-state index contributed by atoms with van der Waals surface area (Å²) in [4.78, 5) is 11.6. The van der Waals surface area contributed by atoms with Gasteiger partial charge in [0, 0.05) is 5.92 Å². The highest BCUT2D eigenvalue weighted by molar-refractivity contribution is 5.90. The minimum Gasteiger partial charge on any atom is -0.515 e. The van der Waals surface area contributed by atoms with Crippen LogP contribution in [0.25, 0.3) is 0 Å². The van der Waals surface area contributed by atoms with Crippen LogP contribution in [0.1, 0.15) is 24.0 Å². The van der Waals surface area contributed by atoms with Crippen LogP contribution >= 0.6 is 0 Å². The topological polar surface area (TPSA) is 46.5 Å². The summed E-state index contributed by atoms with van der Waals surface area (Å²) in [6.07, 6.45) is 1.67. The van der Waals surface area contributed by atoms with Crippen LogP contribution in [0.15, 0.2) is 36.1 Å². The smallest absolute Gasteiger partial charge is 0.337 e. The van der Waals surface area contributed by atoms with E-state index in [0.717, 1.165) is 18.2 Å². The van der Waals surface area contributed by atoms with Crippen LogP contribution in [0.5, 0.6) is 0 Å². The van der Waals surface area contributed by atoms with Crippen LogP contribution in [0.2, 0.25) is 0 Å². The van der Waals surface area contributed by atoms with Crippen LogP contribution in [-0.2, 0) is 16.0 Å². The third kappa shape index (κ3) is 1.69. The van der Waals surface area contributed by atoms with Crippen molar-refractivity contribution in [2.45, 2.75) is 19.3 Å². The fourth-order valence-electron chi connectivity index (χ4n) is 2.04. The van der Waals surface area contributed by atoms with E-state index in [1.807, 2.05) is 24.3 Å². The molecular formula is C13H14O3. The fourth-order valence-corrected chi connectivity index (χ4v) is 2.04. The van der Waals surface area contributed by atoms with Crippen LogP contribution in [0.4, 0.5) is 0 Å². The molecule has 1 N–H and O–H groups in total. The van der Waals surface area contributed by atoms with Crippen molar-refractivity contribution in [3.63, 3.8) is 0 Å². The van der Waals surface area contributed by atoms with Crippen molar-refractivity contribution in [3.8, 4) is 0 Å². The number of aliphatic hydroxyl groups excluding tert-OH is 1. The highest BCUT2D eigenvalue weighted by Crippen LogP contribution is 2.40. The first-order valence-corrected chi connectivity index (χ1v) is 5.37. The zero-order chi connectivity index (χ0) is 11.5. The number of carbonyl (C=O) groups excluding carboxylic acids is 1. The van der Waals surface area contributed by atoms with Crippen molar-refractivity contribution < 1.29 is 14.6 Å². The van der Waals surface area contributed by atoms with Crippen molar-refractivity contribution >= 4 is 5.97 Å². The van der Waals surface area contributed by atoms with Gasteiger partial charge in [-0.3, -0.25) is 0 Å². The molecule has 0 saturated heterocycles. The average molecular weight is 218 g/mol. The van der Waals surface area contributed by atoms with Gasteiger partial charge in [-0.1, -0.05) is 24.3 Å². The van der Waals surface area contributed by atoms with Crippen molar-refractivity contribution in [2.24, 2.45) is 0 Å². The first-order chi connectivity index (χ1) is 7.77. The van der Waals surface area contributed by atoms with Gasteiger partial charge < -0.3 is 9.84 Å². The molecule has 1 aromatic rings. The second-order valence-corrected chi connectivity index (χ2v) is 3.76. The summed E-state index contributed by atoms with van der Waals surface area (Å²) in [5, 5.41) is 9.12. The Morgan fingerprint density at radius 3 is 2.94 bits per heavy atom. The third-order valence-corrected chi connectivity index (χ3v) is 2.88. The molecule has 2 rings (SSSR count). The molecule has 84 valence electrons. The van der Waals surface area contributed by atoms with Gasteiger partial charge in [0.05, 0.1) is 18.4 Å². The molecule has 0 heterocycles. The van der Waals surface area contributed by atoms with Gasteiger partial charge in [0.15, 0.2) is 0 Å². The van der Waals surface area contributed by atoms with Crippen molar-refractivity contribution in [1.82, 2.24) is 0 Å². The van der Waals surface area contributed by atoms with E-state index in [4.69, 9.17) is 9.84 Å². The van der Waals surface area contributed by atoms with Gasteiger partial charge in [0.2, 0.25) is 0 Å². The third-order valence-electron chi connectivity index (χ3n) is 2.88. The number of fused-ring (bicyclic) bond motifs is 1. The summed E-state index contributed by atoms with van der Waals surface area (Å²) >= 11 is 0. The fraction of sp³-hybridized carbons (Fsp3) is 0.308. The van der Waals surface area contributed by atoms with E-state index in [-0.39, 0.29) is 5.92 Å². The molecule has 1 aliphatic carbocycles. The minimum absolute atomic E-state index is 0.0137. The summed E-state index contributed by atoms with van der Waals surface area (Å²) in [5.41, 5.74) is 2.69. The molecule has 0 bridgehead atoms. The van der Waals surface area contributed by atoms with Crippen molar-refractivity contribution in [3.05, 3.63) is 47.2 Å². The van der Waals surface area contributed by atoms with Gasteiger partial charge in [-0.15, -0.1) is 0 Å². The minimum atomic E-state index is -0.426. The van der Waals surface area contributed by atoms with Crippen LogP contribution in [-0.4, -0.2) is 17.7 Å². The molecule has 0 saturated carbocycles. The normalized spacial score (nSPS) is 18.6.